The molecule has 0 saturated carbocycles. The maximum atomic E-state index is 13.2. The summed E-state index contributed by atoms with van der Waals surface area (Å²) in [4.78, 5) is 27.7. The minimum Gasteiger partial charge on any atom is -0.345 e. The number of amides is 2. The lowest BCUT2D eigenvalue weighted by atomic mass is 10.1. The van der Waals surface area contributed by atoms with Gasteiger partial charge >= 0.3 is 0 Å². The standard InChI is InChI=1S/C24H21ClN4O2S/c1-28(2)24(31)18-11-10-17(13-20(18)25)26-23(30)19-15-29(14-16-7-4-3-5-8-16)27-22(19)21-9-6-12-32-21/h3-13,15H,14H2,1-2H3,(H,26,30). The van der Waals surface area contributed by atoms with E-state index in [1.807, 2.05) is 47.8 Å². The van der Waals surface area contributed by atoms with Crippen LogP contribution in [-0.4, -0.2) is 40.6 Å². The number of nitrogens with one attached hydrogen (secondary N) is 1. The number of carbonyl (C=O) groups is 2. The first-order chi connectivity index (χ1) is 15.4. The van der Waals surface area contributed by atoms with Gasteiger partial charge in [-0.25, -0.2) is 0 Å². The van der Waals surface area contributed by atoms with E-state index in [9.17, 15) is 9.59 Å². The quantitative estimate of drug-likeness (QED) is 0.423. The minimum absolute atomic E-state index is 0.199. The molecule has 0 aliphatic carbocycles. The summed E-state index contributed by atoms with van der Waals surface area (Å²) in [5, 5.41) is 9.78. The van der Waals surface area contributed by atoms with Gasteiger partial charge in [0, 0.05) is 26.0 Å². The maximum Gasteiger partial charge on any atom is 0.259 e. The van der Waals surface area contributed by atoms with Crippen molar-refractivity contribution in [3.8, 4) is 10.6 Å². The Bertz CT molecular complexity index is 1250. The summed E-state index contributed by atoms with van der Waals surface area (Å²) in [7, 11) is 3.32. The third-order valence-electron chi connectivity index (χ3n) is 4.81. The number of anilines is 1. The van der Waals surface area contributed by atoms with E-state index in [0.717, 1.165) is 10.4 Å². The van der Waals surface area contributed by atoms with Crippen LogP contribution in [0.5, 0.6) is 0 Å². The molecule has 2 aromatic carbocycles. The van der Waals surface area contributed by atoms with Crippen molar-refractivity contribution in [3.63, 3.8) is 0 Å². The Morgan fingerprint density at radius 2 is 1.84 bits per heavy atom. The molecule has 1 N–H and O–H groups in total. The van der Waals surface area contributed by atoms with Crippen LogP contribution >= 0.6 is 22.9 Å². The molecule has 32 heavy (non-hydrogen) atoms. The molecule has 0 unspecified atom stereocenters. The van der Waals surface area contributed by atoms with Crippen molar-refractivity contribution in [1.29, 1.82) is 0 Å². The zero-order chi connectivity index (χ0) is 22.7. The van der Waals surface area contributed by atoms with E-state index in [4.69, 9.17) is 11.6 Å². The summed E-state index contributed by atoms with van der Waals surface area (Å²) in [5.74, 6) is -0.495. The Balaban J connectivity index is 1.61. The average molecular weight is 465 g/mol. The summed E-state index contributed by atoms with van der Waals surface area (Å²) in [5.41, 5.74) is 3.06. The van der Waals surface area contributed by atoms with Gasteiger partial charge in [-0.15, -0.1) is 11.3 Å². The van der Waals surface area contributed by atoms with Gasteiger partial charge in [0.2, 0.25) is 0 Å². The molecule has 2 heterocycles. The van der Waals surface area contributed by atoms with Gasteiger partial charge in [-0.3, -0.25) is 14.3 Å². The fourth-order valence-electron chi connectivity index (χ4n) is 3.24. The number of benzene rings is 2. The highest BCUT2D eigenvalue weighted by Crippen LogP contribution is 2.28. The van der Waals surface area contributed by atoms with Crippen molar-refractivity contribution >= 4 is 40.4 Å². The Morgan fingerprint density at radius 1 is 1.06 bits per heavy atom. The molecular formula is C24H21ClN4O2S. The van der Waals surface area contributed by atoms with Crippen molar-refractivity contribution in [3.05, 3.63) is 94.0 Å². The van der Waals surface area contributed by atoms with Crippen LogP contribution in [0.4, 0.5) is 5.69 Å². The fraction of sp³-hybridized carbons (Fsp3) is 0.125. The molecule has 6 nitrogen and oxygen atoms in total. The van der Waals surface area contributed by atoms with Crippen LogP contribution in [-0.2, 0) is 6.54 Å². The van der Waals surface area contributed by atoms with Gasteiger partial charge in [-0.2, -0.15) is 5.10 Å². The second kappa shape index (κ2) is 9.38. The van der Waals surface area contributed by atoms with Gasteiger partial charge < -0.3 is 10.2 Å². The molecule has 0 radical (unpaired) electrons. The Labute approximate surface area is 195 Å². The van der Waals surface area contributed by atoms with E-state index in [1.165, 1.54) is 16.2 Å². The molecule has 0 spiro atoms. The predicted molar refractivity (Wildman–Crippen MR) is 129 cm³/mol. The van der Waals surface area contributed by atoms with Gasteiger partial charge in [0.05, 0.1) is 27.6 Å². The molecule has 0 fully saturated rings. The molecule has 2 amide bonds. The normalized spacial score (nSPS) is 10.7. The van der Waals surface area contributed by atoms with Crippen LogP contribution in [0.15, 0.2) is 72.2 Å². The summed E-state index contributed by atoms with van der Waals surface area (Å²) in [6, 6.07) is 18.7. The van der Waals surface area contributed by atoms with Crippen molar-refractivity contribution in [1.82, 2.24) is 14.7 Å². The smallest absolute Gasteiger partial charge is 0.259 e. The van der Waals surface area contributed by atoms with Crippen LogP contribution in [0.2, 0.25) is 5.02 Å². The molecule has 8 heteroatoms. The molecule has 4 rings (SSSR count). The second-order valence-corrected chi connectivity index (χ2v) is 8.76. The van der Waals surface area contributed by atoms with Crippen molar-refractivity contribution in [2.45, 2.75) is 6.54 Å². The molecule has 162 valence electrons. The minimum atomic E-state index is -0.296. The van der Waals surface area contributed by atoms with Crippen LogP contribution in [0, 0.1) is 0 Å². The van der Waals surface area contributed by atoms with E-state index in [0.29, 0.717) is 29.1 Å². The molecule has 0 aliphatic rings. The van der Waals surface area contributed by atoms with Gasteiger partial charge in [0.25, 0.3) is 11.8 Å². The van der Waals surface area contributed by atoms with E-state index >= 15 is 0 Å². The largest absolute Gasteiger partial charge is 0.345 e. The van der Waals surface area contributed by atoms with Crippen LogP contribution in [0.1, 0.15) is 26.3 Å². The van der Waals surface area contributed by atoms with Crippen LogP contribution in [0.25, 0.3) is 10.6 Å². The first-order valence-electron chi connectivity index (χ1n) is 9.90. The number of rotatable bonds is 6. The van der Waals surface area contributed by atoms with Crippen LogP contribution in [0.3, 0.4) is 0 Å². The highest BCUT2D eigenvalue weighted by molar-refractivity contribution is 7.13. The number of aromatic nitrogens is 2. The topological polar surface area (TPSA) is 67.2 Å². The summed E-state index contributed by atoms with van der Waals surface area (Å²) in [6.45, 7) is 0.555. The number of nitrogens with zero attached hydrogens (tertiary/aromatic N) is 3. The number of hydrogen-bond acceptors (Lipinski definition) is 4. The third-order valence-corrected chi connectivity index (χ3v) is 6.00. The Kier molecular flexibility index (Phi) is 6.39. The number of halogens is 1. The molecule has 4 aromatic rings. The molecule has 0 saturated heterocycles. The monoisotopic (exact) mass is 464 g/mol. The average Bonchev–Trinajstić information content (AvgIpc) is 3.44. The Morgan fingerprint density at radius 3 is 2.50 bits per heavy atom. The highest BCUT2D eigenvalue weighted by Gasteiger charge is 2.20. The van der Waals surface area contributed by atoms with Crippen molar-refractivity contribution in [2.75, 3.05) is 19.4 Å². The predicted octanol–water partition coefficient (Wildman–Crippen LogP) is 5.27. The van der Waals surface area contributed by atoms with Gasteiger partial charge in [-0.05, 0) is 35.2 Å². The SMILES string of the molecule is CN(C)C(=O)c1ccc(NC(=O)c2cn(Cc3ccccc3)nc2-c2cccs2)cc1Cl. The lowest BCUT2D eigenvalue weighted by Gasteiger charge is -2.12. The maximum absolute atomic E-state index is 13.2. The van der Waals surface area contributed by atoms with E-state index in [2.05, 4.69) is 10.4 Å². The molecule has 0 aliphatic heterocycles. The molecule has 0 atom stereocenters. The van der Waals surface area contributed by atoms with E-state index < -0.39 is 0 Å². The fourth-order valence-corrected chi connectivity index (χ4v) is 4.22. The zero-order valence-corrected chi connectivity index (χ0v) is 19.2. The van der Waals surface area contributed by atoms with Gasteiger partial charge in [0.1, 0.15) is 5.69 Å². The third kappa shape index (κ3) is 4.74. The lowest BCUT2D eigenvalue weighted by Crippen LogP contribution is -2.22. The molecular weight excluding hydrogens is 444 g/mol. The lowest BCUT2D eigenvalue weighted by molar-refractivity contribution is 0.0827. The first kappa shape index (κ1) is 21.8. The zero-order valence-electron chi connectivity index (χ0n) is 17.6. The summed E-state index contributed by atoms with van der Waals surface area (Å²) >= 11 is 7.82. The second-order valence-electron chi connectivity index (χ2n) is 7.40. The van der Waals surface area contributed by atoms with Gasteiger partial charge in [-0.1, -0.05) is 48.0 Å². The van der Waals surface area contributed by atoms with Crippen molar-refractivity contribution in [2.24, 2.45) is 0 Å². The van der Waals surface area contributed by atoms with Crippen molar-refractivity contribution < 1.29 is 9.59 Å². The van der Waals surface area contributed by atoms with E-state index in [-0.39, 0.29) is 16.8 Å². The molecule has 2 aromatic heterocycles. The summed E-state index contributed by atoms with van der Waals surface area (Å²) in [6.07, 6.45) is 1.75. The molecule has 0 bridgehead atoms. The van der Waals surface area contributed by atoms with Gasteiger partial charge in [0.15, 0.2) is 0 Å². The number of carbonyl (C=O) groups excluding carboxylic acids is 2. The number of hydrogen-bond donors (Lipinski definition) is 1. The highest BCUT2D eigenvalue weighted by atomic mass is 35.5. The Hall–Kier alpha value is -3.42. The first-order valence-corrected chi connectivity index (χ1v) is 11.2. The van der Waals surface area contributed by atoms with Crippen LogP contribution < -0.4 is 5.32 Å². The number of thiophene rings is 1. The summed E-state index contributed by atoms with van der Waals surface area (Å²) < 4.78 is 1.77. The van der Waals surface area contributed by atoms with E-state index in [1.54, 1.807) is 43.2 Å².